The van der Waals surface area contributed by atoms with Gasteiger partial charge in [0.2, 0.25) is 5.91 Å². The molecule has 0 spiro atoms. The SMILES string of the molecule is CC(C)S(=O)(=O)CC(=O)N(C)CC(C)(C)CN. The van der Waals surface area contributed by atoms with Crippen molar-refractivity contribution in [2.45, 2.75) is 32.9 Å². The second-order valence-corrected chi connectivity index (χ2v) is 8.03. The van der Waals surface area contributed by atoms with E-state index in [0.717, 1.165) is 0 Å². The lowest BCUT2D eigenvalue weighted by atomic mass is 9.93. The van der Waals surface area contributed by atoms with Crippen LogP contribution in [0.25, 0.3) is 0 Å². The van der Waals surface area contributed by atoms with Gasteiger partial charge in [-0.2, -0.15) is 0 Å². The van der Waals surface area contributed by atoms with Crippen LogP contribution in [-0.4, -0.2) is 50.4 Å². The van der Waals surface area contributed by atoms with Crippen molar-refractivity contribution in [2.75, 3.05) is 25.9 Å². The largest absolute Gasteiger partial charge is 0.344 e. The first kappa shape index (κ1) is 16.4. The van der Waals surface area contributed by atoms with Gasteiger partial charge in [0.1, 0.15) is 5.75 Å². The topological polar surface area (TPSA) is 80.5 Å². The molecule has 0 atom stereocenters. The lowest BCUT2D eigenvalue weighted by Crippen LogP contribution is -2.42. The summed E-state index contributed by atoms with van der Waals surface area (Å²) in [4.78, 5) is 13.2. The number of nitrogens with two attached hydrogens (primary N) is 1. The summed E-state index contributed by atoms with van der Waals surface area (Å²) in [6.07, 6.45) is 0. The molecular formula is C11H24N2O3S. The first-order valence-electron chi connectivity index (χ1n) is 5.67. The standard InChI is InChI=1S/C11H24N2O3S/c1-9(2)17(15,16)6-10(14)13(5)8-11(3,4)7-12/h9H,6-8,12H2,1-5H3. The van der Waals surface area contributed by atoms with Gasteiger partial charge in [0.25, 0.3) is 0 Å². The maximum Gasteiger partial charge on any atom is 0.237 e. The predicted octanol–water partition coefficient (Wildman–Crippen LogP) is 0.253. The molecule has 0 aliphatic rings. The molecule has 0 aromatic rings. The quantitative estimate of drug-likeness (QED) is 0.746. The highest BCUT2D eigenvalue weighted by Crippen LogP contribution is 2.14. The minimum absolute atomic E-state index is 0.202. The van der Waals surface area contributed by atoms with Crippen LogP contribution < -0.4 is 5.73 Å². The van der Waals surface area contributed by atoms with E-state index in [1.54, 1.807) is 20.9 Å². The number of rotatable bonds is 6. The summed E-state index contributed by atoms with van der Waals surface area (Å²) in [7, 11) is -1.72. The van der Waals surface area contributed by atoms with E-state index in [1.165, 1.54) is 4.90 Å². The number of sulfone groups is 1. The Hall–Kier alpha value is -0.620. The Morgan fingerprint density at radius 1 is 1.35 bits per heavy atom. The summed E-state index contributed by atoms with van der Waals surface area (Å²) >= 11 is 0. The van der Waals surface area contributed by atoms with Crippen LogP contribution in [0.4, 0.5) is 0 Å². The molecule has 0 heterocycles. The van der Waals surface area contributed by atoms with Gasteiger partial charge < -0.3 is 10.6 Å². The second kappa shape index (κ2) is 5.82. The van der Waals surface area contributed by atoms with Crippen LogP contribution in [0.5, 0.6) is 0 Å². The molecule has 0 aliphatic carbocycles. The third-order valence-electron chi connectivity index (χ3n) is 2.69. The normalized spacial score (nSPS) is 12.9. The molecule has 0 rings (SSSR count). The Labute approximate surface area is 104 Å². The van der Waals surface area contributed by atoms with E-state index in [2.05, 4.69) is 0 Å². The Balaban J connectivity index is 4.55. The van der Waals surface area contributed by atoms with Crippen LogP contribution in [0.2, 0.25) is 0 Å². The molecule has 6 heteroatoms. The zero-order chi connectivity index (χ0) is 13.9. The van der Waals surface area contributed by atoms with E-state index in [9.17, 15) is 13.2 Å². The molecule has 17 heavy (non-hydrogen) atoms. The van der Waals surface area contributed by atoms with Gasteiger partial charge >= 0.3 is 0 Å². The molecule has 102 valence electrons. The van der Waals surface area contributed by atoms with E-state index < -0.39 is 20.8 Å². The molecule has 1 amide bonds. The van der Waals surface area contributed by atoms with Crippen molar-refractivity contribution in [1.82, 2.24) is 4.90 Å². The van der Waals surface area contributed by atoms with Crippen molar-refractivity contribution in [3.63, 3.8) is 0 Å². The fourth-order valence-corrected chi connectivity index (χ4v) is 2.14. The Morgan fingerprint density at radius 3 is 2.18 bits per heavy atom. The van der Waals surface area contributed by atoms with Gasteiger partial charge in [-0.1, -0.05) is 13.8 Å². The van der Waals surface area contributed by atoms with Gasteiger partial charge in [0.15, 0.2) is 9.84 Å². The lowest BCUT2D eigenvalue weighted by molar-refractivity contribution is -0.128. The van der Waals surface area contributed by atoms with E-state index >= 15 is 0 Å². The minimum atomic E-state index is -3.33. The van der Waals surface area contributed by atoms with Gasteiger partial charge in [-0.3, -0.25) is 4.79 Å². The fraction of sp³-hybridized carbons (Fsp3) is 0.909. The summed E-state index contributed by atoms with van der Waals surface area (Å²) in [5.74, 6) is -0.804. The Kier molecular flexibility index (Phi) is 5.61. The van der Waals surface area contributed by atoms with Crippen molar-refractivity contribution in [2.24, 2.45) is 11.1 Å². The summed E-state index contributed by atoms with van der Waals surface area (Å²) in [6.45, 7) is 7.93. The first-order chi connectivity index (χ1) is 7.52. The summed E-state index contributed by atoms with van der Waals surface area (Å²) < 4.78 is 23.2. The van der Waals surface area contributed by atoms with Gasteiger partial charge in [-0.05, 0) is 25.8 Å². The van der Waals surface area contributed by atoms with Gasteiger partial charge in [-0.25, -0.2) is 8.42 Å². The zero-order valence-electron chi connectivity index (χ0n) is 11.4. The predicted molar refractivity (Wildman–Crippen MR) is 69.4 cm³/mol. The Bertz CT molecular complexity index is 361. The molecule has 5 nitrogen and oxygen atoms in total. The molecule has 0 aromatic heterocycles. The number of nitrogens with zero attached hydrogens (tertiary/aromatic N) is 1. The first-order valence-corrected chi connectivity index (χ1v) is 7.39. The third kappa shape index (κ3) is 5.50. The average Bonchev–Trinajstić information content (AvgIpc) is 2.16. The van der Waals surface area contributed by atoms with Gasteiger partial charge in [-0.15, -0.1) is 0 Å². The molecule has 0 aliphatic heterocycles. The smallest absolute Gasteiger partial charge is 0.237 e. The van der Waals surface area contributed by atoms with Crippen LogP contribution in [-0.2, 0) is 14.6 Å². The number of hydrogen-bond donors (Lipinski definition) is 1. The lowest BCUT2D eigenvalue weighted by Gasteiger charge is -2.29. The number of hydrogen-bond acceptors (Lipinski definition) is 4. The number of amides is 1. The highest BCUT2D eigenvalue weighted by molar-refractivity contribution is 7.92. The van der Waals surface area contributed by atoms with Crippen LogP contribution in [0.15, 0.2) is 0 Å². The maximum atomic E-state index is 11.8. The van der Waals surface area contributed by atoms with Crippen molar-refractivity contribution in [3.8, 4) is 0 Å². The van der Waals surface area contributed by atoms with Gasteiger partial charge in [0.05, 0.1) is 5.25 Å². The highest BCUT2D eigenvalue weighted by atomic mass is 32.2. The molecule has 2 N–H and O–H groups in total. The summed E-state index contributed by atoms with van der Waals surface area (Å²) in [5, 5.41) is -0.526. The summed E-state index contributed by atoms with van der Waals surface area (Å²) in [6, 6.07) is 0. The van der Waals surface area contributed by atoms with Crippen molar-refractivity contribution in [1.29, 1.82) is 0 Å². The maximum absolute atomic E-state index is 11.8. The zero-order valence-corrected chi connectivity index (χ0v) is 12.2. The number of carbonyl (C=O) groups excluding carboxylic acids is 1. The molecule has 0 radical (unpaired) electrons. The van der Waals surface area contributed by atoms with Gasteiger partial charge in [0, 0.05) is 13.6 Å². The van der Waals surface area contributed by atoms with Crippen LogP contribution >= 0.6 is 0 Å². The molecule has 0 bridgehead atoms. The minimum Gasteiger partial charge on any atom is -0.344 e. The highest BCUT2D eigenvalue weighted by Gasteiger charge is 2.26. The molecule has 0 unspecified atom stereocenters. The third-order valence-corrected chi connectivity index (χ3v) is 4.77. The van der Waals surface area contributed by atoms with E-state index in [4.69, 9.17) is 5.73 Å². The van der Waals surface area contributed by atoms with Crippen LogP contribution in [0.1, 0.15) is 27.7 Å². The fourth-order valence-electron chi connectivity index (χ4n) is 1.24. The summed E-state index contributed by atoms with van der Waals surface area (Å²) in [5.41, 5.74) is 5.37. The van der Waals surface area contributed by atoms with Crippen LogP contribution in [0, 0.1) is 5.41 Å². The molecule has 0 fully saturated rings. The molecule has 0 saturated heterocycles. The molecular weight excluding hydrogens is 240 g/mol. The van der Waals surface area contributed by atoms with Crippen molar-refractivity contribution >= 4 is 15.7 Å². The monoisotopic (exact) mass is 264 g/mol. The molecule has 0 saturated carbocycles. The van der Waals surface area contributed by atoms with E-state index in [0.29, 0.717) is 13.1 Å². The van der Waals surface area contributed by atoms with E-state index in [-0.39, 0.29) is 11.3 Å². The van der Waals surface area contributed by atoms with Crippen molar-refractivity contribution < 1.29 is 13.2 Å². The Morgan fingerprint density at radius 2 is 1.82 bits per heavy atom. The molecule has 0 aromatic carbocycles. The van der Waals surface area contributed by atoms with E-state index in [1.807, 2.05) is 13.8 Å². The second-order valence-electron chi connectivity index (χ2n) is 5.47. The average molecular weight is 264 g/mol. The number of carbonyl (C=O) groups is 1. The van der Waals surface area contributed by atoms with Crippen LogP contribution in [0.3, 0.4) is 0 Å². The van der Waals surface area contributed by atoms with Crippen molar-refractivity contribution in [3.05, 3.63) is 0 Å².